The van der Waals surface area contributed by atoms with E-state index in [1.54, 1.807) is 18.2 Å². The van der Waals surface area contributed by atoms with Crippen LogP contribution in [0.25, 0.3) is 0 Å². The van der Waals surface area contributed by atoms with Crippen molar-refractivity contribution in [2.45, 2.75) is 18.6 Å². The lowest BCUT2D eigenvalue weighted by molar-refractivity contribution is -0.0562. The molecule has 0 radical (unpaired) electrons. The Morgan fingerprint density at radius 3 is 2.96 bits per heavy atom. The van der Waals surface area contributed by atoms with E-state index in [0.717, 1.165) is 13.0 Å². The van der Waals surface area contributed by atoms with E-state index >= 15 is 0 Å². The van der Waals surface area contributed by atoms with Crippen LogP contribution in [-0.2, 0) is 9.47 Å². The zero-order valence-electron chi connectivity index (χ0n) is 14.4. The third-order valence-corrected chi connectivity index (χ3v) is 4.12. The van der Waals surface area contributed by atoms with E-state index in [4.69, 9.17) is 25.8 Å². The van der Waals surface area contributed by atoms with E-state index in [-0.39, 0.29) is 18.1 Å². The van der Waals surface area contributed by atoms with Gasteiger partial charge in [-0.2, -0.15) is 0 Å². The van der Waals surface area contributed by atoms with Gasteiger partial charge in [0.25, 0.3) is 5.91 Å². The molecule has 0 unspecified atom stereocenters. The highest BCUT2D eigenvalue weighted by Gasteiger charge is 2.29. The molecule has 1 aromatic carbocycles. The van der Waals surface area contributed by atoms with Crippen LogP contribution in [0.2, 0.25) is 5.02 Å². The van der Waals surface area contributed by atoms with Gasteiger partial charge in [-0.25, -0.2) is 0 Å². The molecule has 1 aliphatic heterocycles. The van der Waals surface area contributed by atoms with Gasteiger partial charge in [0.15, 0.2) is 0 Å². The van der Waals surface area contributed by atoms with Crippen molar-refractivity contribution in [2.75, 3.05) is 47.6 Å². The molecule has 1 fully saturated rings. The van der Waals surface area contributed by atoms with Gasteiger partial charge in [-0.15, -0.1) is 0 Å². The standard InChI is InChI=1S/C17H25ClN2O4/c1-20(2)7-9-24-16-6-8-23-11-14(16)19-17(21)13-10-12(18)4-5-15(13)22-3/h4-5,10,14,16H,6-9,11H2,1-3H3,(H,19,21)/t14-,16+/m1/s1. The third kappa shape index (κ3) is 5.34. The number of nitrogens with zero attached hydrogens (tertiary/aromatic N) is 1. The average molecular weight is 357 g/mol. The SMILES string of the molecule is COc1ccc(Cl)cc1C(=O)N[C@@H]1COCC[C@@H]1OCCN(C)C. The Morgan fingerprint density at radius 2 is 2.25 bits per heavy atom. The predicted molar refractivity (Wildman–Crippen MR) is 93.0 cm³/mol. The topological polar surface area (TPSA) is 60.0 Å². The Hall–Kier alpha value is -1.34. The van der Waals surface area contributed by atoms with Gasteiger partial charge >= 0.3 is 0 Å². The van der Waals surface area contributed by atoms with E-state index in [9.17, 15) is 4.79 Å². The number of likely N-dealkylation sites (N-methyl/N-ethyl adjacent to an activating group) is 1. The summed E-state index contributed by atoms with van der Waals surface area (Å²) in [6.07, 6.45) is 0.693. The molecular formula is C17H25ClN2O4. The van der Waals surface area contributed by atoms with Crippen molar-refractivity contribution < 1.29 is 19.0 Å². The van der Waals surface area contributed by atoms with Crippen molar-refractivity contribution in [2.24, 2.45) is 0 Å². The monoisotopic (exact) mass is 356 g/mol. The van der Waals surface area contributed by atoms with Gasteiger partial charge in [0.1, 0.15) is 5.75 Å². The van der Waals surface area contributed by atoms with Crippen molar-refractivity contribution in [3.63, 3.8) is 0 Å². The molecule has 1 aliphatic rings. The Balaban J connectivity index is 2.01. The van der Waals surface area contributed by atoms with Gasteiger partial charge in [-0.05, 0) is 38.7 Å². The molecule has 1 N–H and O–H groups in total. The van der Waals surface area contributed by atoms with Crippen molar-refractivity contribution in [1.29, 1.82) is 0 Å². The molecule has 134 valence electrons. The molecule has 7 heteroatoms. The number of hydrogen-bond donors (Lipinski definition) is 1. The fourth-order valence-corrected chi connectivity index (χ4v) is 2.71. The zero-order valence-corrected chi connectivity index (χ0v) is 15.1. The number of methoxy groups -OCH3 is 1. The molecule has 6 nitrogen and oxygen atoms in total. The Labute approximate surface area is 148 Å². The van der Waals surface area contributed by atoms with Gasteiger partial charge < -0.3 is 24.4 Å². The van der Waals surface area contributed by atoms with Crippen molar-refractivity contribution in [3.8, 4) is 5.75 Å². The number of halogens is 1. The maximum atomic E-state index is 12.6. The molecule has 1 aromatic rings. The van der Waals surface area contributed by atoms with Crippen LogP contribution in [0, 0.1) is 0 Å². The van der Waals surface area contributed by atoms with Crippen LogP contribution in [-0.4, -0.2) is 70.5 Å². The van der Waals surface area contributed by atoms with Crippen LogP contribution in [0.5, 0.6) is 5.75 Å². The van der Waals surface area contributed by atoms with Crippen LogP contribution in [0.1, 0.15) is 16.8 Å². The molecule has 24 heavy (non-hydrogen) atoms. The van der Waals surface area contributed by atoms with Gasteiger partial charge in [0, 0.05) is 18.2 Å². The summed E-state index contributed by atoms with van der Waals surface area (Å²) in [6.45, 7) is 2.52. The molecule has 0 aliphatic carbocycles. The summed E-state index contributed by atoms with van der Waals surface area (Å²) in [5.41, 5.74) is 0.405. The molecule has 1 saturated heterocycles. The molecule has 0 spiro atoms. The fourth-order valence-electron chi connectivity index (χ4n) is 2.54. The molecule has 0 saturated carbocycles. The minimum absolute atomic E-state index is 0.0622. The summed E-state index contributed by atoms with van der Waals surface area (Å²) in [7, 11) is 5.52. The molecular weight excluding hydrogens is 332 g/mol. The summed E-state index contributed by atoms with van der Waals surface area (Å²) >= 11 is 6.00. The molecule has 2 atom stereocenters. The van der Waals surface area contributed by atoms with Crippen molar-refractivity contribution in [1.82, 2.24) is 10.2 Å². The van der Waals surface area contributed by atoms with Gasteiger partial charge in [-0.1, -0.05) is 11.6 Å². The quantitative estimate of drug-likeness (QED) is 0.807. The van der Waals surface area contributed by atoms with Gasteiger partial charge in [0.05, 0.1) is 38.0 Å². The van der Waals surface area contributed by atoms with E-state index in [1.165, 1.54) is 7.11 Å². The second-order valence-corrected chi connectivity index (χ2v) is 6.44. The van der Waals surface area contributed by atoms with E-state index in [0.29, 0.717) is 36.2 Å². The molecule has 1 amide bonds. The number of hydrogen-bond acceptors (Lipinski definition) is 5. The smallest absolute Gasteiger partial charge is 0.255 e. The second-order valence-electron chi connectivity index (χ2n) is 6.00. The Kier molecular flexibility index (Phi) is 7.30. The van der Waals surface area contributed by atoms with E-state index < -0.39 is 0 Å². The number of rotatable bonds is 7. The summed E-state index contributed by atoms with van der Waals surface area (Å²) < 4.78 is 16.7. The highest BCUT2D eigenvalue weighted by Crippen LogP contribution is 2.23. The molecule has 1 heterocycles. The largest absolute Gasteiger partial charge is 0.496 e. The van der Waals surface area contributed by atoms with Crippen LogP contribution < -0.4 is 10.1 Å². The van der Waals surface area contributed by atoms with E-state index in [1.807, 2.05) is 14.1 Å². The van der Waals surface area contributed by atoms with Crippen LogP contribution in [0.4, 0.5) is 0 Å². The highest BCUT2D eigenvalue weighted by molar-refractivity contribution is 6.31. The zero-order chi connectivity index (χ0) is 17.5. The second kappa shape index (κ2) is 9.22. The van der Waals surface area contributed by atoms with Crippen LogP contribution in [0.3, 0.4) is 0 Å². The first-order valence-corrected chi connectivity index (χ1v) is 8.37. The molecule has 0 bridgehead atoms. The third-order valence-electron chi connectivity index (χ3n) is 3.89. The van der Waals surface area contributed by atoms with Crippen molar-refractivity contribution >= 4 is 17.5 Å². The lowest BCUT2D eigenvalue weighted by Gasteiger charge is -2.32. The molecule has 0 aromatic heterocycles. The lowest BCUT2D eigenvalue weighted by Crippen LogP contribution is -2.51. The first-order valence-electron chi connectivity index (χ1n) is 7.99. The molecule has 2 rings (SSSR count). The number of carbonyl (C=O) groups is 1. The van der Waals surface area contributed by atoms with Crippen molar-refractivity contribution in [3.05, 3.63) is 28.8 Å². The predicted octanol–water partition coefficient (Wildman–Crippen LogP) is 1.81. The average Bonchev–Trinajstić information content (AvgIpc) is 2.56. The van der Waals surface area contributed by atoms with E-state index in [2.05, 4.69) is 10.2 Å². The summed E-state index contributed by atoms with van der Waals surface area (Å²) in [5, 5.41) is 3.47. The Morgan fingerprint density at radius 1 is 1.46 bits per heavy atom. The first kappa shape index (κ1) is 19.0. The Bertz CT molecular complexity index is 553. The number of amides is 1. The van der Waals surface area contributed by atoms with Gasteiger partial charge in [0.2, 0.25) is 0 Å². The maximum Gasteiger partial charge on any atom is 0.255 e. The minimum Gasteiger partial charge on any atom is -0.496 e. The normalized spacial score (nSPS) is 20.9. The van der Waals surface area contributed by atoms with Crippen LogP contribution >= 0.6 is 11.6 Å². The number of benzene rings is 1. The van der Waals surface area contributed by atoms with Crippen LogP contribution in [0.15, 0.2) is 18.2 Å². The van der Waals surface area contributed by atoms with Gasteiger partial charge in [-0.3, -0.25) is 4.79 Å². The summed E-state index contributed by atoms with van der Waals surface area (Å²) in [6, 6.07) is 4.77. The first-order chi connectivity index (χ1) is 11.5. The highest BCUT2D eigenvalue weighted by atomic mass is 35.5. The number of carbonyl (C=O) groups excluding carboxylic acids is 1. The number of ether oxygens (including phenoxy) is 3. The fraction of sp³-hybridized carbons (Fsp3) is 0.588. The number of nitrogens with one attached hydrogen (secondary N) is 1. The summed E-state index contributed by atoms with van der Waals surface area (Å²) in [5.74, 6) is 0.241. The minimum atomic E-state index is -0.244. The maximum absolute atomic E-state index is 12.6. The lowest BCUT2D eigenvalue weighted by atomic mass is 10.1. The summed E-state index contributed by atoms with van der Waals surface area (Å²) in [4.78, 5) is 14.7.